The third-order valence-corrected chi connectivity index (χ3v) is 18.2. The summed E-state index contributed by atoms with van der Waals surface area (Å²) in [7, 11) is -5.04. The van der Waals surface area contributed by atoms with Crippen molar-refractivity contribution in [3.05, 3.63) is 22.2 Å². The van der Waals surface area contributed by atoms with Crippen LogP contribution in [0.3, 0.4) is 0 Å². The summed E-state index contributed by atoms with van der Waals surface area (Å²) in [5.41, 5.74) is -1.26. The van der Waals surface area contributed by atoms with Crippen LogP contribution in [-0.4, -0.2) is 51.1 Å². The van der Waals surface area contributed by atoms with E-state index in [1.54, 1.807) is 0 Å². The summed E-state index contributed by atoms with van der Waals surface area (Å²) in [5, 5.41) is 0.224. The zero-order chi connectivity index (χ0) is 28.0. The van der Waals surface area contributed by atoms with E-state index in [1.807, 2.05) is 47.6 Å². The average Bonchev–Trinajstić information content (AvgIpc) is 2.80. The monoisotopic (exact) mass is 615 g/mol. The highest BCUT2D eigenvalue weighted by atomic mass is 79.9. The topological polar surface area (TPSA) is 81.0 Å². The first-order valence-corrected chi connectivity index (χ1v) is 18.4. The molecule has 3 rings (SSSR count). The molecule has 3 heterocycles. The highest BCUT2D eigenvalue weighted by Gasteiger charge is 2.57. The van der Waals surface area contributed by atoms with E-state index in [0.717, 1.165) is 29.7 Å². The van der Waals surface area contributed by atoms with E-state index in [9.17, 15) is 9.00 Å². The first-order chi connectivity index (χ1) is 17.0. The number of hydrogen-bond donors (Lipinski definition) is 0. The molecule has 6 nitrogen and oxygen atoms in total. The molecule has 0 saturated heterocycles. The van der Waals surface area contributed by atoms with Crippen LogP contribution in [0.5, 0.6) is 0 Å². The van der Waals surface area contributed by atoms with E-state index in [4.69, 9.17) is 14.1 Å². The van der Waals surface area contributed by atoms with Crippen molar-refractivity contribution in [2.24, 2.45) is 9.36 Å². The third kappa shape index (κ3) is 5.23. The molecule has 0 radical (unpaired) electrons. The molecule has 0 fully saturated rings. The van der Waals surface area contributed by atoms with Crippen LogP contribution in [0.15, 0.2) is 20.0 Å². The van der Waals surface area contributed by atoms with Crippen molar-refractivity contribution >= 4 is 50.6 Å². The number of carbonyl (C=O) groups excluding carboxylic acids is 1. The first-order valence-electron chi connectivity index (χ1n) is 13.4. The molecule has 3 atom stereocenters. The number of aliphatic imine (C=N–C) groups is 1. The Labute approximate surface area is 232 Å². The van der Waals surface area contributed by atoms with Crippen LogP contribution >= 0.6 is 15.9 Å². The van der Waals surface area contributed by atoms with Crippen molar-refractivity contribution in [3.8, 4) is 0 Å². The Morgan fingerprint density at radius 1 is 1.22 bits per heavy atom. The second kappa shape index (κ2) is 10.4. The van der Waals surface area contributed by atoms with Crippen molar-refractivity contribution in [3.63, 3.8) is 0 Å². The number of nitrogens with zero attached hydrogens (tertiary/aromatic N) is 3. The summed E-state index contributed by atoms with van der Waals surface area (Å²) >= 11 is 3.56. The molecule has 0 aliphatic carbocycles. The Hall–Kier alpha value is -1.13. The number of aromatic nitrogens is 1. The number of carbonyl (C=O) groups is 1. The van der Waals surface area contributed by atoms with E-state index in [0.29, 0.717) is 23.3 Å². The van der Waals surface area contributed by atoms with Crippen molar-refractivity contribution in [1.29, 1.82) is 0 Å². The van der Waals surface area contributed by atoms with E-state index >= 15 is 4.39 Å². The quantitative estimate of drug-likeness (QED) is 0.199. The molecule has 1 aromatic rings. The summed E-state index contributed by atoms with van der Waals surface area (Å²) in [6.45, 7) is 17.8. The lowest BCUT2D eigenvalue weighted by atomic mass is 9.88. The van der Waals surface area contributed by atoms with Gasteiger partial charge in [0.05, 0.1) is 34.2 Å². The van der Waals surface area contributed by atoms with Gasteiger partial charge in [-0.2, -0.15) is 0 Å². The summed E-state index contributed by atoms with van der Waals surface area (Å²) in [4.78, 5) is 22.7. The minimum atomic E-state index is -2.92. The van der Waals surface area contributed by atoms with Gasteiger partial charge in [0.1, 0.15) is 27.3 Å². The van der Waals surface area contributed by atoms with Gasteiger partial charge in [0.15, 0.2) is 0 Å². The molecule has 1 aromatic heterocycles. The van der Waals surface area contributed by atoms with E-state index in [1.165, 1.54) is 0 Å². The van der Waals surface area contributed by atoms with Gasteiger partial charge in [-0.3, -0.25) is 9.79 Å². The molecule has 0 amide bonds. The first kappa shape index (κ1) is 30.4. The van der Waals surface area contributed by atoms with Crippen molar-refractivity contribution < 1.29 is 18.1 Å². The van der Waals surface area contributed by atoms with E-state index < -0.39 is 44.9 Å². The second-order valence-corrected chi connectivity index (χ2v) is 21.0. The number of pyridine rings is 1. The molecule has 2 aliphatic rings. The van der Waals surface area contributed by atoms with Crippen LogP contribution < -0.4 is 5.19 Å². The summed E-state index contributed by atoms with van der Waals surface area (Å²) in [5.74, 6) is -0.785. The minimum Gasteiger partial charge on any atom is -0.460 e. The van der Waals surface area contributed by atoms with Crippen molar-refractivity contribution in [2.75, 3.05) is 6.54 Å². The Bertz CT molecular complexity index is 1210. The van der Waals surface area contributed by atoms with Crippen LogP contribution in [0.2, 0.25) is 18.1 Å². The molecule has 0 N–H and O–H groups in total. The standard InChI is InChI=1S/C27H43BrFN3O3SSi/c1-10-37(11-2,12-3)18-16-21(28)31-24(23(18)29)27(9)20-14-13-15-30-36(20,34)26(7,8)19(32-27)17-22(33)35-25(4,5)6/h16,20H,10-15,17H2,1-9H3/t20-,27+,36+/m1/s1. The predicted molar refractivity (Wildman–Crippen MR) is 157 cm³/mol. The van der Waals surface area contributed by atoms with Crippen LogP contribution in [-0.2, 0) is 24.8 Å². The Morgan fingerprint density at radius 3 is 2.35 bits per heavy atom. The zero-order valence-electron chi connectivity index (χ0n) is 23.8. The van der Waals surface area contributed by atoms with Crippen LogP contribution in [0.1, 0.15) is 87.3 Å². The van der Waals surface area contributed by atoms with Gasteiger partial charge in [-0.05, 0) is 81.6 Å². The maximum atomic E-state index is 16.7. The molecule has 10 heteroatoms. The molecule has 208 valence electrons. The number of rotatable bonds is 7. The highest BCUT2D eigenvalue weighted by molar-refractivity contribution is 9.10. The predicted octanol–water partition coefficient (Wildman–Crippen LogP) is 6.51. The Balaban J connectivity index is 2.33. The molecule has 0 aromatic carbocycles. The van der Waals surface area contributed by atoms with E-state index in [-0.39, 0.29) is 17.9 Å². The molecule has 0 saturated carbocycles. The number of ether oxygens (including phenoxy) is 1. The van der Waals surface area contributed by atoms with Gasteiger partial charge in [0.2, 0.25) is 0 Å². The molecule has 0 bridgehead atoms. The van der Waals surface area contributed by atoms with Crippen LogP contribution in [0, 0.1) is 5.82 Å². The molecular formula is C27H43BrFN3O3SSi. The van der Waals surface area contributed by atoms with Crippen LogP contribution in [0.4, 0.5) is 4.39 Å². The lowest BCUT2D eigenvalue weighted by Crippen LogP contribution is -2.59. The maximum absolute atomic E-state index is 16.7. The molecule has 37 heavy (non-hydrogen) atoms. The number of fused-ring (bicyclic) bond motifs is 1. The Kier molecular flexibility index (Phi) is 8.59. The average molecular weight is 617 g/mol. The normalized spacial score (nSPS) is 27.6. The Morgan fingerprint density at radius 2 is 1.81 bits per heavy atom. The van der Waals surface area contributed by atoms with Gasteiger partial charge in [-0.15, -0.1) is 0 Å². The molecule has 0 spiro atoms. The minimum absolute atomic E-state index is 0.126. The van der Waals surface area contributed by atoms with E-state index in [2.05, 4.69) is 41.7 Å². The van der Waals surface area contributed by atoms with Crippen LogP contribution in [0.25, 0.3) is 0 Å². The lowest BCUT2D eigenvalue weighted by Gasteiger charge is -2.49. The van der Waals surface area contributed by atoms with Gasteiger partial charge in [-0.25, -0.2) is 17.9 Å². The molecule has 2 aliphatic heterocycles. The SMILES string of the molecule is CC[Si](CC)(CC)c1cc(Br)nc([C@@]2(C)N=C(CC(=O)OC(C)(C)C)C(C)(C)[S@]3(=O)=NCCC[C@H]23)c1F. The summed E-state index contributed by atoms with van der Waals surface area (Å²) in [6, 6.07) is 4.59. The van der Waals surface area contributed by atoms with Gasteiger partial charge in [-0.1, -0.05) is 38.9 Å². The smallest absolute Gasteiger partial charge is 0.312 e. The maximum Gasteiger partial charge on any atom is 0.312 e. The van der Waals surface area contributed by atoms with Gasteiger partial charge < -0.3 is 4.74 Å². The summed E-state index contributed by atoms with van der Waals surface area (Å²) < 4.78 is 41.4. The van der Waals surface area contributed by atoms with Crippen molar-refractivity contribution in [1.82, 2.24) is 4.98 Å². The number of esters is 1. The second-order valence-electron chi connectivity index (χ2n) is 12.0. The zero-order valence-corrected chi connectivity index (χ0v) is 27.2. The largest absolute Gasteiger partial charge is 0.460 e. The fourth-order valence-electron chi connectivity index (χ4n) is 6.00. The number of halogens is 2. The fraction of sp³-hybridized carbons (Fsp3) is 0.741. The van der Waals surface area contributed by atoms with Gasteiger partial charge >= 0.3 is 5.97 Å². The highest BCUT2D eigenvalue weighted by Crippen LogP contribution is 2.48. The molecule has 0 unspecified atom stereocenters. The van der Waals surface area contributed by atoms with Crippen molar-refractivity contribution in [2.45, 2.75) is 121 Å². The summed E-state index contributed by atoms with van der Waals surface area (Å²) in [6.07, 6.45) is 1.23. The third-order valence-electron chi connectivity index (χ3n) is 8.45. The van der Waals surface area contributed by atoms with Gasteiger partial charge in [0.25, 0.3) is 0 Å². The molecular weight excluding hydrogens is 573 g/mol. The lowest BCUT2D eigenvalue weighted by molar-refractivity contribution is -0.153. The number of hydrogen-bond acceptors (Lipinski definition) is 6. The van der Waals surface area contributed by atoms with Gasteiger partial charge in [0, 0.05) is 12.3 Å². The fourth-order valence-corrected chi connectivity index (χ4v) is 13.6.